The van der Waals surface area contributed by atoms with Crippen molar-refractivity contribution in [2.24, 2.45) is 0 Å². The second-order valence-corrected chi connectivity index (χ2v) is 5.70. The van der Waals surface area contributed by atoms with Gasteiger partial charge in [-0.3, -0.25) is 4.79 Å². The number of furan rings is 1. The van der Waals surface area contributed by atoms with Crippen LogP contribution in [0.1, 0.15) is 23.2 Å². The van der Waals surface area contributed by atoms with Crippen LogP contribution in [0.5, 0.6) is 5.75 Å². The zero-order chi connectivity index (χ0) is 21.0. The second-order valence-electron chi connectivity index (χ2n) is 5.70. The zero-order valence-corrected chi connectivity index (χ0v) is 15.0. The number of carbonyl (C=O) groups excluding carboxylic acids is 1. The van der Waals surface area contributed by atoms with Crippen LogP contribution in [0.25, 0.3) is 0 Å². The topological polar surface area (TPSA) is 78.5 Å². The lowest BCUT2D eigenvalue weighted by molar-refractivity contribution is 0.0792. The molecule has 1 aromatic carbocycles. The van der Waals surface area contributed by atoms with Crippen molar-refractivity contribution in [2.75, 3.05) is 11.9 Å². The van der Waals surface area contributed by atoms with Crippen LogP contribution >= 0.6 is 0 Å². The summed E-state index contributed by atoms with van der Waals surface area (Å²) in [7, 11) is 0. The molecule has 0 saturated carbocycles. The Morgan fingerprint density at radius 3 is 2.62 bits per heavy atom. The minimum atomic E-state index is -1.67. The number of amides is 1. The molecule has 29 heavy (non-hydrogen) atoms. The molecule has 0 unspecified atom stereocenters. The van der Waals surface area contributed by atoms with Crippen molar-refractivity contribution in [1.82, 2.24) is 9.78 Å². The Morgan fingerprint density at radius 1 is 1.21 bits per heavy atom. The smallest absolute Gasteiger partial charge is 0.291 e. The first kappa shape index (κ1) is 20.4. The highest BCUT2D eigenvalue weighted by atomic mass is 19.2. The number of halogens is 4. The van der Waals surface area contributed by atoms with Crippen LogP contribution in [0.15, 0.2) is 35.0 Å². The molecule has 0 radical (unpaired) electrons. The molecular weight excluding hydrogens is 398 g/mol. The van der Waals surface area contributed by atoms with Crippen LogP contribution in [0.4, 0.5) is 23.2 Å². The van der Waals surface area contributed by atoms with Crippen molar-refractivity contribution in [1.29, 1.82) is 0 Å². The minimum absolute atomic E-state index is 0.00524. The number of hydrogen-bond donors (Lipinski definition) is 1. The molecule has 7 nitrogen and oxygen atoms in total. The predicted octanol–water partition coefficient (Wildman–Crippen LogP) is 3.86. The van der Waals surface area contributed by atoms with Crippen molar-refractivity contribution in [3.63, 3.8) is 0 Å². The maximum atomic E-state index is 13.6. The van der Waals surface area contributed by atoms with Gasteiger partial charge in [-0.15, -0.1) is 0 Å². The van der Waals surface area contributed by atoms with Gasteiger partial charge in [-0.2, -0.15) is 13.9 Å². The third-order valence-corrected chi connectivity index (χ3v) is 3.63. The fourth-order valence-corrected chi connectivity index (χ4v) is 2.28. The number of ether oxygens (including phenoxy) is 2. The molecule has 1 N–H and O–H groups in total. The average Bonchev–Trinajstić information content (AvgIpc) is 3.34. The van der Waals surface area contributed by atoms with E-state index >= 15 is 0 Å². The van der Waals surface area contributed by atoms with E-state index in [0.717, 1.165) is 0 Å². The van der Waals surface area contributed by atoms with E-state index < -0.39 is 41.5 Å². The fourth-order valence-electron chi connectivity index (χ4n) is 2.28. The Morgan fingerprint density at radius 2 is 1.93 bits per heavy atom. The molecular formula is C18H15F4N3O4. The molecule has 11 heteroatoms. The number of nitrogens with one attached hydrogen (secondary N) is 1. The SMILES string of the molecule is CCOCn1cc(NC(=O)c2ccc(COc3c(F)c(F)cc(F)c3F)o2)cn1. The van der Waals surface area contributed by atoms with Crippen molar-refractivity contribution < 1.29 is 36.2 Å². The summed E-state index contributed by atoms with van der Waals surface area (Å²) < 4.78 is 70.2. The standard InChI is InChI=1S/C18H15F4N3O4/c1-2-27-9-25-7-10(6-23-25)24-18(26)14-4-3-11(29-14)8-28-17-15(21)12(19)5-13(20)16(17)22/h3-7H,2,8-9H2,1H3,(H,24,26). The van der Waals surface area contributed by atoms with E-state index in [1.54, 1.807) is 6.20 Å². The number of carbonyl (C=O) groups is 1. The summed E-state index contributed by atoms with van der Waals surface area (Å²) in [5, 5.41) is 6.54. The molecule has 1 amide bonds. The van der Waals surface area contributed by atoms with Gasteiger partial charge < -0.3 is 19.2 Å². The molecule has 154 valence electrons. The summed E-state index contributed by atoms with van der Waals surface area (Å²) in [6.45, 7) is 2.01. The summed E-state index contributed by atoms with van der Waals surface area (Å²) in [6, 6.07) is 2.69. The molecule has 0 aliphatic carbocycles. The Labute approximate surface area is 161 Å². The molecule has 0 aliphatic heterocycles. The summed E-state index contributed by atoms with van der Waals surface area (Å²) in [4.78, 5) is 12.2. The molecule has 0 spiro atoms. The van der Waals surface area contributed by atoms with Crippen molar-refractivity contribution in [3.8, 4) is 5.75 Å². The van der Waals surface area contributed by atoms with Gasteiger partial charge in [0, 0.05) is 12.7 Å². The normalized spacial score (nSPS) is 10.9. The van der Waals surface area contributed by atoms with Crippen LogP contribution in [0.3, 0.4) is 0 Å². The molecule has 0 saturated heterocycles. The van der Waals surface area contributed by atoms with Gasteiger partial charge in [-0.1, -0.05) is 0 Å². The van der Waals surface area contributed by atoms with Crippen LogP contribution < -0.4 is 10.1 Å². The van der Waals surface area contributed by atoms with Gasteiger partial charge in [0.25, 0.3) is 5.91 Å². The van der Waals surface area contributed by atoms with Crippen LogP contribution in [0, 0.1) is 23.3 Å². The Balaban J connectivity index is 1.62. The Kier molecular flexibility index (Phi) is 6.17. The molecule has 3 rings (SSSR count). The molecule has 0 aliphatic rings. The second kappa shape index (κ2) is 8.78. The highest BCUT2D eigenvalue weighted by Crippen LogP contribution is 2.27. The predicted molar refractivity (Wildman–Crippen MR) is 91.1 cm³/mol. The van der Waals surface area contributed by atoms with Gasteiger partial charge in [0.05, 0.1) is 18.1 Å². The highest BCUT2D eigenvalue weighted by molar-refractivity contribution is 6.02. The molecule has 0 bridgehead atoms. The van der Waals surface area contributed by atoms with Gasteiger partial charge >= 0.3 is 0 Å². The number of anilines is 1. The molecule has 3 aromatic rings. The number of benzene rings is 1. The Bertz CT molecular complexity index is 992. The van der Waals surface area contributed by atoms with E-state index in [9.17, 15) is 22.4 Å². The fraction of sp³-hybridized carbons (Fsp3) is 0.222. The van der Waals surface area contributed by atoms with Crippen molar-refractivity contribution >= 4 is 11.6 Å². The van der Waals surface area contributed by atoms with Gasteiger partial charge in [-0.05, 0) is 19.1 Å². The monoisotopic (exact) mass is 413 g/mol. The lowest BCUT2D eigenvalue weighted by Crippen LogP contribution is -2.10. The quantitative estimate of drug-likeness (QED) is 0.448. The number of rotatable bonds is 8. The maximum Gasteiger partial charge on any atom is 0.291 e. The third kappa shape index (κ3) is 4.74. The van der Waals surface area contributed by atoms with Crippen LogP contribution in [-0.4, -0.2) is 22.3 Å². The van der Waals surface area contributed by atoms with E-state index in [4.69, 9.17) is 13.9 Å². The third-order valence-electron chi connectivity index (χ3n) is 3.63. The van der Waals surface area contributed by atoms with Crippen molar-refractivity contribution in [2.45, 2.75) is 20.3 Å². The molecule has 0 fully saturated rings. The van der Waals surface area contributed by atoms with E-state index in [1.807, 2.05) is 6.92 Å². The molecule has 2 aromatic heterocycles. The first-order valence-corrected chi connectivity index (χ1v) is 8.35. The number of nitrogens with zero attached hydrogens (tertiary/aromatic N) is 2. The summed E-state index contributed by atoms with van der Waals surface area (Å²) in [6.07, 6.45) is 2.96. The minimum Gasteiger partial charge on any atom is -0.479 e. The number of hydrogen-bond acceptors (Lipinski definition) is 5. The first-order chi connectivity index (χ1) is 13.9. The molecule has 2 heterocycles. The highest BCUT2D eigenvalue weighted by Gasteiger charge is 2.21. The summed E-state index contributed by atoms with van der Waals surface area (Å²) in [5.41, 5.74) is 0.392. The number of aromatic nitrogens is 2. The van der Waals surface area contributed by atoms with Gasteiger partial charge in [-0.25, -0.2) is 13.5 Å². The van der Waals surface area contributed by atoms with E-state index in [2.05, 4.69) is 10.4 Å². The first-order valence-electron chi connectivity index (χ1n) is 8.35. The van der Waals surface area contributed by atoms with E-state index in [1.165, 1.54) is 23.0 Å². The van der Waals surface area contributed by atoms with Crippen molar-refractivity contribution in [3.05, 3.63) is 65.4 Å². The summed E-state index contributed by atoms with van der Waals surface area (Å²) in [5.74, 6) is -8.47. The maximum absolute atomic E-state index is 13.6. The van der Waals surface area contributed by atoms with E-state index in [0.29, 0.717) is 12.3 Å². The zero-order valence-electron chi connectivity index (χ0n) is 15.0. The lowest BCUT2D eigenvalue weighted by Gasteiger charge is -2.08. The van der Waals surface area contributed by atoms with E-state index in [-0.39, 0.29) is 24.3 Å². The van der Waals surface area contributed by atoms with Crippen LogP contribution in [0.2, 0.25) is 0 Å². The van der Waals surface area contributed by atoms with Crippen LogP contribution in [-0.2, 0) is 18.1 Å². The summed E-state index contributed by atoms with van der Waals surface area (Å²) >= 11 is 0. The largest absolute Gasteiger partial charge is 0.479 e. The Hall–Kier alpha value is -3.34. The van der Waals surface area contributed by atoms with Gasteiger partial charge in [0.1, 0.15) is 19.1 Å². The lowest BCUT2D eigenvalue weighted by atomic mass is 10.3. The van der Waals surface area contributed by atoms with Gasteiger partial charge in [0.2, 0.25) is 11.6 Å². The average molecular weight is 413 g/mol. The van der Waals surface area contributed by atoms with Gasteiger partial charge in [0.15, 0.2) is 23.1 Å². The molecule has 0 atom stereocenters.